The monoisotopic (exact) mass is 309 g/mol. The Bertz CT molecular complexity index is 674. The zero-order chi connectivity index (χ0) is 15.4. The fourth-order valence-corrected chi connectivity index (χ4v) is 2.33. The van der Waals surface area contributed by atoms with Crippen LogP contribution in [-0.2, 0) is 11.2 Å². The third-order valence-electron chi connectivity index (χ3n) is 2.63. The number of rotatable bonds is 5. The summed E-state index contributed by atoms with van der Waals surface area (Å²) in [6.07, 6.45) is 0.167. The number of carbonyl (C=O) groups excluding carboxylic acids is 1. The van der Waals surface area contributed by atoms with Gasteiger partial charge in [0.2, 0.25) is 5.91 Å². The summed E-state index contributed by atoms with van der Waals surface area (Å²) in [4.78, 5) is 26.3. The number of nitrogens with two attached hydrogens (primary N) is 1. The Morgan fingerprint density at radius 3 is 2.86 bits per heavy atom. The second-order valence-corrected chi connectivity index (χ2v) is 5.13. The SMILES string of the molecule is NC(Cc1cccc(F)c1)C(=O)Nc1nc(C(=O)O)cs1. The zero-order valence-corrected chi connectivity index (χ0v) is 11.6. The number of thiazole rings is 1. The van der Waals surface area contributed by atoms with Crippen LogP contribution in [0.3, 0.4) is 0 Å². The first kappa shape index (κ1) is 15.1. The molecule has 1 heterocycles. The Morgan fingerprint density at radius 1 is 1.48 bits per heavy atom. The van der Waals surface area contributed by atoms with Crippen LogP contribution in [-0.4, -0.2) is 28.0 Å². The summed E-state index contributed by atoms with van der Waals surface area (Å²) in [7, 11) is 0. The molecule has 4 N–H and O–H groups in total. The zero-order valence-electron chi connectivity index (χ0n) is 10.7. The molecule has 0 aliphatic carbocycles. The van der Waals surface area contributed by atoms with Crippen molar-refractivity contribution in [3.05, 3.63) is 46.7 Å². The van der Waals surface area contributed by atoms with Crippen molar-refractivity contribution >= 4 is 28.3 Å². The van der Waals surface area contributed by atoms with Crippen LogP contribution in [0.4, 0.5) is 9.52 Å². The van der Waals surface area contributed by atoms with E-state index in [0.29, 0.717) is 5.56 Å². The Kier molecular flexibility index (Phi) is 4.61. The highest BCUT2D eigenvalue weighted by molar-refractivity contribution is 7.14. The molecule has 0 saturated carbocycles. The van der Waals surface area contributed by atoms with E-state index < -0.39 is 23.7 Å². The summed E-state index contributed by atoms with van der Waals surface area (Å²) in [5.74, 6) is -2.08. The standard InChI is InChI=1S/C13H12FN3O3S/c14-8-3-1-2-7(4-8)5-9(15)11(18)17-13-16-10(6-21-13)12(19)20/h1-4,6,9H,5,15H2,(H,19,20)(H,16,17,18). The largest absolute Gasteiger partial charge is 0.476 e. The predicted molar refractivity (Wildman–Crippen MR) is 75.8 cm³/mol. The van der Waals surface area contributed by atoms with Crippen molar-refractivity contribution in [1.29, 1.82) is 0 Å². The molecule has 0 saturated heterocycles. The van der Waals surface area contributed by atoms with Gasteiger partial charge in [0, 0.05) is 5.38 Å². The number of halogens is 1. The number of aromatic nitrogens is 1. The number of amides is 1. The van der Waals surface area contributed by atoms with Gasteiger partial charge in [-0.15, -0.1) is 11.3 Å². The molecule has 2 aromatic rings. The number of anilines is 1. The number of aromatic carboxylic acids is 1. The maximum Gasteiger partial charge on any atom is 0.355 e. The fourth-order valence-electron chi connectivity index (χ4n) is 1.64. The average molecular weight is 309 g/mol. The van der Waals surface area contributed by atoms with Crippen LogP contribution in [0.15, 0.2) is 29.6 Å². The van der Waals surface area contributed by atoms with Crippen molar-refractivity contribution in [1.82, 2.24) is 4.98 Å². The van der Waals surface area contributed by atoms with E-state index in [1.165, 1.54) is 23.6 Å². The molecule has 1 amide bonds. The van der Waals surface area contributed by atoms with Crippen molar-refractivity contribution in [2.45, 2.75) is 12.5 Å². The maximum atomic E-state index is 13.0. The molecule has 110 valence electrons. The quantitative estimate of drug-likeness (QED) is 0.776. The van der Waals surface area contributed by atoms with Gasteiger partial charge in [0.15, 0.2) is 10.8 Å². The third kappa shape index (κ3) is 4.07. The van der Waals surface area contributed by atoms with Gasteiger partial charge < -0.3 is 16.2 Å². The molecule has 0 spiro atoms. The molecule has 1 aromatic heterocycles. The smallest absolute Gasteiger partial charge is 0.355 e. The minimum absolute atomic E-state index is 0.144. The van der Waals surface area contributed by atoms with Crippen LogP contribution >= 0.6 is 11.3 Å². The van der Waals surface area contributed by atoms with Crippen LogP contribution in [0.1, 0.15) is 16.1 Å². The summed E-state index contributed by atoms with van der Waals surface area (Å²) in [5, 5.41) is 12.6. The van der Waals surface area contributed by atoms with Crippen LogP contribution in [0.5, 0.6) is 0 Å². The van der Waals surface area contributed by atoms with Gasteiger partial charge in [-0.3, -0.25) is 4.79 Å². The molecule has 0 bridgehead atoms. The highest BCUT2D eigenvalue weighted by atomic mass is 32.1. The number of carboxylic acids is 1. The van der Waals surface area contributed by atoms with Crippen molar-refractivity contribution in [2.24, 2.45) is 5.73 Å². The number of carboxylic acid groups (broad SMARTS) is 1. The number of hydrogen-bond donors (Lipinski definition) is 3. The second kappa shape index (κ2) is 6.42. The number of nitrogens with one attached hydrogen (secondary N) is 1. The van der Waals surface area contributed by atoms with E-state index in [-0.39, 0.29) is 17.2 Å². The van der Waals surface area contributed by atoms with Crippen molar-refractivity contribution in [2.75, 3.05) is 5.32 Å². The van der Waals surface area contributed by atoms with Gasteiger partial charge in [0.05, 0.1) is 6.04 Å². The Balaban J connectivity index is 1.97. The molecule has 1 aromatic carbocycles. The minimum Gasteiger partial charge on any atom is -0.476 e. The highest BCUT2D eigenvalue weighted by Crippen LogP contribution is 2.16. The third-order valence-corrected chi connectivity index (χ3v) is 3.39. The lowest BCUT2D eigenvalue weighted by Gasteiger charge is -2.10. The van der Waals surface area contributed by atoms with Gasteiger partial charge in [-0.1, -0.05) is 12.1 Å². The van der Waals surface area contributed by atoms with E-state index in [1.807, 2.05) is 0 Å². The van der Waals surface area contributed by atoms with Crippen LogP contribution in [0, 0.1) is 5.82 Å². The van der Waals surface area contributed by atoms with Crippen molar-refractivity contribution in [3.63, 3.8) is 0 Å². The first-order chi connectivity index (χ1) is 9.95. The molecule has 0 aliphatic rings. The first-order valence-electron chi connectivity index (χ1n) is 5.95. The van der Waals surface area contributed by atoms with E-state index in [4.69, 9.17) is 10.8 Å². The summed E-state index contributed by atoms with van der Waals surface area (Å²) < 4.78 is 13.0. The van der Waals surface area contributed by atoms with Crippen LogP contribution in [0.25, 0.3) is 0 Å². The number of nitrogens with zero attached hydrogens (tertiary/aromatic N) is 1. The number of benzene rings is 1. The maximum absolute atomic E-state index is 13.0. The average Bonchev–Trinajstić information content (AvgIpc) is 2.87. The van der Waals surface area contributed by atoms with Gasteiger partial charge in [-0.2, -0.15) is 0 Å². The number of hydrogen-bond acceptors (Lipinski definition) is 5. The summed E-state index contributed by atoms with van der Waals surface area (Å²) in [6.45, 7) is 0. The topological polar surface area (TPSA) is 105 Å². The summed E-state index contributed by atoms with van der Waals surface area (Å²) in [6, 6.07) is 4.93. The molecule has 2 rings (SSSR count). The van der Waals surface area contributed by atoms with Gasteiger partial charge in [-0.25, -0.2) is 14.2 Å². The normalized spacial score (nSPS) is 11.9. The molecule has 6 nitrogen and oxygen atoms in total. The lowest BCUT2D eigenvalue weighted by Crippen LogP contribution is -2.37. The van der Waals surface area contributed by atoms with E-state index in [2.05, 4.69) is 10.3 Å². The molecule has 0 aliphatic heterocycles. The van der Waals surface area contributed by atoms with Crippen LogP contribution in [0.2, 0.25) is 0 Å². The molecule has 1 atom stereocenters. The number of carbonyl (C=O) groups is 2. The molecule has 1 unspecified atom stereocenters. The molecule has 8 heteroatoms. The van der Waals surface area contributed by atoms with Gasteiger partial charge in [0.1, 0.15) is 5.82 Å². The molecule has 0 fully saturated rings. The molecule has 21 heavy (non-hydrogen) atoms. The van der Waals surface area contributed by atoms with Crippen molar-refractivity contribution < 1.29 is 19.1 Å². The fraction of sp³-hybridized carbons (Fsp3) is 0.154. The second-order valence-electron chi connectivity index (χ2n) is 4.27. The van der Waals surface area contributed by atoms with E-state index in [9.17, 15) is 14.0 Å². The summed E-state index contributed by atoms with van der Waals surface area (Å²) >= 11 is 0.993. The highest BCUT2D eigenvalue weighted by Gasteiger charge is 2.17. The van der Waals surface area contributed by atoms with Crippen LogP contribution < -0.4 is 11.1 Å². The lowest BCUT2D eigenvalue weighted by molar-refractivity contribution is -0.117. The van der Waals surface area contributed by atoms with Gasteiger partial charge in [0.25, 0.3) is 0 Å². The molecular weight excluding hydrogens is 297 g/mol. The Morgan fingerprint density at radius 2 is 2.24 bits per heavy atom. The molecule has 0 radical (unpaired) electrons. The van der Waals surface area contributed by atoms with Gasteiger partial charge in [-0.05, 0) is 24.1 Å². The lowest BCUT2D eigenvalue weighted by atomic mass is 10.1. The van der Waals surface area contributed by atoms with E-state index in [0.717, 1.165) is 11.3 Å². The predicted octanol–water partition coefficient (Wildman–Crippen LogP) is 1.49. The van der Waals surface area contributed by atoms with E-state index in [1.54, 1.807) is 6.07 Å². The van der Waals surface area contributed by atoms with E-state index >= 15 is 0 Å². The summed E-state index contributed by atoms with van der Waals surface area (Å²) in [5.41, 5.74) is 6.20. The Hall–Kier alpha value is -2.32. The minimum atomic E-state index is -1.17. The van der Waals surface area contributed by atoms with Gasteiger partial charge >= 0.3 is 5.97 Å². The molecular formula is C13H12FN3O3S. The van der Waals surface area contributed by atoms with Crippen molar-refractivity contribution in [3.8, 4) is 0 Å². The Labute approximate surface area is 123 Å². The first-order valence-corrected chi connectivity index (χ1v) is 6.83.